The van der Waals surface area contributed by atoms with Crippen LogP contribution in [-0.2, 0) is 10.2 Å². The van der Waals surface area contributed by atoms with Crippen molar-refractivity contribution in [1.82, 2.24) is 0 Å². The van der Waals surface area contributed by atoms with Crippen molar-refractivity contribution < 1.29 is 24.5 Å². The second-order valence-electron chi connectivity index (χ2n) is 7.86. The zero-order valence-electron chi connectivity index (χ0n) is 18.8. The number of halogens is 1. The third-order valence-electron chi connectivity index (χ3n) is 5.84. The molecule has 170 valence electrons. The molecular weight excluding hydrogens is 416 g/mol. The van der Waals surface area contributed by atoms with Crippen LogP contribution in [-0.4, -0.2) is 47.8 Å². The Bertz CT molecular complexity index is 876. The third kappa shape index (κ3) is 6.00. The molecule has 0 bridgehead atoms. The van der Waals surface area contributed by atoms with Gasteiger partial charge in [0.15, 0.2) is 5.78 Å². The number of carbonyl (C=O) groups is 1. The van der Waals surface area contributed by atoms with Gasteiger partial charge in [0.05, 0.1) is 12.5 Å². The van der Waals surface area contributed by atoms with E-state index in [1.165, 1.54) is 11.1 Å². The Kier molecular flexibility index (Phi) is 9.35. The smallest absolute Gasteiger partial charge is 0.184 e. The van der Waals surface area contributed by atoms with E-state index >= 15 is 0 Å². The molecule has 2 aromatic carbocycles. The maximum absolute atomic E-state index is 11.5. The van der Waals surface area contributed by atoms with Gasteiger partial charge < -0.3 is 19.7 Å². The van der Waals surface area contributed by atoms with E-state index in [-0.39, 0.29) is 36.9 Å². The van der Waals surface area contributed by atoms with Crippen LogP contribution in [0, 0.1) is 13.8 Å². The lowest BCUT2D eigenvalue weighted by molar-refractivity contribution is -0.118. The van der Waals surface area contributed by atoms with Gasteiger partial charge in [-0.05, 0) is 61.1 Å². The number of aliphatic hydroxyl groups is 2. The first-order valence-corrected chi connectivity index (χ1v) is 11.2. The normalized spacial score (nSPS) is 12.5. The van der Waals surface area contributed by atoms with Gasteiger partial charge in [0.2, 0.25) is 0 Å². The summed E-state index contributed by atoms with van der Waals surface area (Å²) in [6, 6.07) is 12.2. The fourth-order valence-corrected chi connectivity index (χ4v) is 3.96. The number of aliphatic hydroxyl groups excluding tert-OH is 2. The summed E-state index contributed by atoms with van der Waals surface area (Å²) in [7, 11) is 0. The number of ether oxygens (including phenoxy) is 2. The number of rotatable bonds is 12. The van der Waals surface area contributed by atoms with E-state index in [9.17, 15) is 9.90 Å². The zero-order chi connectivity index (χ0) is 23.0. The van der Waals surface area contributed by atoms with Crippen LogP contribution in [0.5, 0.6) is 11.5 Å². The molecule has 0 saturated heterocycles. The van der Waals surface area contributed by atoms with Gasteiger partial charge in [-0.3, -0.25) is 4.79 Å². The molecular formula is C25H33ClO5. The van der Waals surface area contributed by atoms with Gasteiger partial charge in [-0.1, -0.05) is 38.1 Å². The first-order valence-electron chi connectivity index (χ1n) is 10.7. The minimum atomic E-state index is -0.895. The first kappa shape index (κ1) is 25.2. The molecule has 0 aliphatic rings. The number of Topliss-reactive ketones (excluding diaryl/α,β-unsaturated/α-hetero) is 1. The van der Waals surface area contributed by atoms with E-state index in [1.54, 1.807) is 0 Å². The Morgan fingerprint density at radius 2 is 1.52 bits per heavy atom. The molecule has 6 heteroatoms. The molecule has 0 aromatic heterocycles. The number of ketones is 1. The van der Waals surface area contributed by atoms with E-state index < -0.39 is 6.10 Å². The van der Waals surface area contributed by atoms with Crippen molar-refractivity contribution in [1.29, 1.82) is 0 Å². The predicted molar refractivity (Wildman–Crippen MR) is 124 cm³/mol. The maximum atomic E-state index is 11.5. The largest absolute Gasteiger partial charge is 0.491 e. The monoisotopic (exact) mass is 448 g/mol. The minimum Gasteiger partial charge on any atom is -0.491 e. The van der Waals surface area contributed by atoms with Crippen LogP contribution < -0.4 is 9.47 Å². The molecule has 2 rings (SSSR count). The van der Waals surface area contributed by atoms with Crippen LogP contribution in [0.25, 0.3) is 0 Å². The van der Waals surface area contributed by atoms with Crippen molar-refractivity contribution in [2.45, 2.75) is 52.1 Å². The van der Waals surface area contributed by atoms with Crippen molar-refractivity contribution in [3.05, 3.63) is 58.7 Å². The number of carbonyl (C=O) groups excluding carboxylic acids is 1. The second-order valence-corrected chi connectivity index (χ2v) is 8.13. The molecule has 0 saturated carbocycles. The maximum Gasteiger partial charge on any atom is 0.184 e. The Balaban J connectivity index is 2.34. The number of aryl methyl sites for hydroxylation is 2. The van der Waals surface area contributed by atoms with Crippen molar-refractivity contribution in [2.75, 3.05) is 25.7 Å². The van der Waals surface area contributed by atoms with Crippen LogP contribution in [0.3, 0.4) is 0 Å². The molecule has 2 aromatic rings. The van der Waals surface area contributed by atoms with Gasteiger partial charge in [0.25, 0.3) is 0 Å². The molecule has 5 nitrogen and oxygen atoms in total. The highest BCUT2D eigenvalue weighted by Gasteiger charge is 2.31. The van der Waals surface area contributed by atoms with E-state index in [4.69, 9.17) is 26.2 Å². The molecule has 2 N–H and O–H groups in total. The Morgan fingerprint density at radius 3 is 1.94 bits per heavy atom. The van der Waals surface area contributed by atoms with Crippen molar-refractivity contribution in [2.24, 2.45) is 0 Å². The van der Waals surface area contributed by atoms with Crippen LogP contribution in [0.2, 0.25) is 0 Å². The fraction of sp³-hybridized carbons (Fsp3) is 0.480. The quantitative estimate of drug-likeness (QED) is 0.473. The molecule has 1 unspecified atom stereocenters. The highest BCUT2D eigenvalue weighted by atomic mass is 35.5. The highest BCUT2D eigenvalue weighted by molar-refractivity contribution is 6.27. The number of hydrogen-bond donors (Lipinski definition) is 2. The average Bonchev–Trinajstić information content (AvgIpc) is 2.78. The van der Waals surface area contributed by atoms with Crippen LogP contribution in [0.4, 0.5) is 0 Å². The van der Waals surface area contributed by atoms with Crippen molar-refractivity contribution >= 4 is 17.4 Å². The number of hydrogen-bond acceptors (Lipinski definition) is 5. The van der Waals surface area contributed by atoms with Crippen LogP contribution in [0.15, 0.2) is 36.4 Å². The van der Waals surface area contributed by atoms with E-state index in [1.807, 2.05) is 26.0 Å². The summed E-state index contributed by atoms with van der Waals surface area (Å²) in [5.41, 5.74) is 4.15. The topological polar surface area (TPSA) is 76.0 Å². The molecule has 1 atom stereocenters. The molecule has 0 aliphatic heterocycles. The lowest BCUT2D eigenvalue weighted by atomic mass is 9.70. The lowest BCUT2D eigenvalue weighted by Gasteiger charge is -2.34. The molecule has 31 heavy (non-hydrogen) atoms. The Labute approximate surface area is 190 Å². The number of alkyl halides is 1. The van der Waals surface area contributed by atoms with E-state index in [0.29, 0.717) is 11.5 Å². The first-order chi connectivity index (χ1) is 14.8. The molecule has 0 aliphatic carbocycles. The summed E-state index contributed by atoms with van der Waals surface area (Å²) < 4.78 is 11.3. The standard InChI is InChI=1S/C25H33ClO5/c1-5-25(6-2,19-7-9-23(17(3)11-19)30-15-21(28)13-26)20-8-10-24(18(4)12-20)31-16-22(29)14-27/h7-12,22,27,29H,5-6,13-16H2,1-4H3. The van der Waals surface area contributed by atoms with Crippen LogP contribution in [0.1, 0.15) is 48.9 Å². The molecule has 0 radical (unpaired) electrons. The van der Waals surface area contributed by atoms with E-state index in [0.717, 1.165) is 24.0 Å². The predicted octanol–water partition coefficient (Wildman–Crippen LogP) is 4.33. The Morgan fingerprint density at radius 1 is 1.00 bits per heavy atom. The highest BCUT2D eigenvalue weighted by Crippen LogP contribution is 2.41. The SMILES string of the molecule is CCC(CC)(c1ccc(OCC(=O)CCl)c(C)c1)c1ccc(OCC(O)CO)c(C)c1. The van der Waals surface area contributed by atoms with Crippen LogP contribution >= 0.6 is 11.6 Å². The Hall–Kier alpha value is -2.08. The van der Waals surface area contributed by atoms with Crippen molar-refractivity contribution in [3.8, 4) is 11.5 Å². The fourth-order valence-electron chi connectivity index (χ4n) is 3.89. The summed E-state index contributed by atoms with van der Waals surface area (Å²) in [5, 5.41) is 18.5. The van der Waals surface area contributed by atoms with Gasteiger partial charge >= 0.3 is 0 Å². The lowest BCUT2D eigenvalue weighted by Crippen LogP contribution is -2.26. The summed E-state index contributed by atoms with van der Waals surface area (Å²) in [4.78, 5) is 11.5. The van der Waals surface area contributed by atoms with E-state index in [2.05, 4.69) is 38.1 Å². The summed E-state index contributed by atoms with van der Waals surface area (Å²) in [5.74, 6) is 1.18. The molecule has 0 spiro atoms. The summed E-state index contributed by atoms with van der Waals surface area (Å²) in [6.45, 7) is 8.02. The van der Waals surface area contributed by atoms with Gasteiger partial charge in [-0.15, -0.1) is 11.6 Å². The summed E-state index contributed by atoms with van der Waals surface area (Å²) in [6.07, 6.45) is 0.931. The minimum absolute atomic E-state index is 0.0258. The molecule has 0 heterocycles. The number of benzene rings is 2. The van der Waals surface area contributed by atoms with Gasteiger partial charge in [0, 0.05) is 5.41 Å². The van der Waals surface area contributed by atoms with Gasteiger partial charge in [-0.25, -0.2) is 0 Å². The molecule has 0 amide bonds. The summed E-state index contributed by atoms with van der Waals surface area (Å²) >= 11 is 5.55. The van der Waals surface area contributed by atoms with Crippen molar-refractivity contribution in [3.63, 3.8) is 0 Å². The second kappa shape index (κ2) is 11.5. The van der Waals surface area contributed by atoms with Gasteiger partial charge in [0.1, 0.15) is 30.8 Å². The third-order valence-corrected chi connectivity index (χ3v) is 6.14. The molecule has 0 fully saturated rings. The zero-order valence-corrected chi connectivity index (χ0v) is 19.5. The van der Waals surface area contributed by atoms with Gasteiger partial charge in [-0.2, -0.15) is 0 Å². The average molecular weight is 449 g/mol.